The molecule has 2 aromatic carbocycles. The first kappa shape index (κ1) is 32.7. The lowest BCUT2D eigenvalue weighted by Crippen LogP contribution is -2.50. The average Bonchev–Trinajstić information content (AvgIpc) is 2.88. The summed E-state index contributed by atoms with van der Waals surface area (Å²) in [6, 6.07) is 0.216. The SMILES string of the molecule is CCOC(=O)N1c2cc(OC)c(OC)cc2[C@H](N(Cc2cc(C(F)(F)F)cc(C(F)(F)F)c2)C(=O)C(F)(F)F)C[C@@H]1C. The van der Waals surface area contributed by atoms with E-state index >= 15 is 0 Å². The average molecular weight is 616 g/mol. The Morgan fingerprint density at radius 2 is 1.40 bits per heavy atom. The van der Waals surface area contributed by atoms with Crippen LogP contribution in [0.1, 0.15) is 48.6 Å². The maximum atomic E-state index is 13.9. The molecule has 1 heterocycles. The summed E-state index contributed by atoms with van der Waals surface area (Å²) in [6.07, 6.45) is -17.4. The predicted molar refractivity (Wildman–Crippen MR) is 129 cm³/mol. The van der Waals surface area contributed by atoms with Crippen LogP contribution in [0.3, 0.4) is 0 Å². The molecular formula is C26H25F9N2O5. The van der Waals surface area contributed by atoms with Crippen molar-refractivity contribution in [2.24, 2.45) is 0 Å². The number of ether oxygens (including phenoxy) is 3. The lowest BCUT2D eigenvalue weighted by atomic mass is 9.89. The molecule has 0 spiro atoms. The molecular weight excluding hydrogens is 591 g/mol. The van der Waals surface area contributed by atoms with Crippen molar-refractivity contribution >= 4 is 17.7 Å². The molecule has 16 heteroatoms. The second kappa shape index (κ2) is 11.8. The van der Waals surface area contributed by atoms with Crippen LogP contribution in [0.5, 0.6) is 11.5 Å². The van der Waals surface area contributed by atoms with Crippen molar-refractivity contribution in [3.8, 4) is 11.5 Å². The molecule has 0 aromatic heterocycles. The summed E-state index contributed by atoms with van der Waals surface area (Å²) in [5, 5.41) is 0. The van der Waals surface area contributed by atoms with Crippen LogP contribution in [0.25, 0.3) is 0 Å². The molecule has 0 aliphatic carbocycles. The van der Waals surface area contributed by atoms with Crippen molar-refractivity contribution in [2.75, 3.05) is 25.7 Å². The van der Waals surface area contributed by atoms with Crippen molar-refractivity contribution in [1.29, 1.82) is 0 Å². The van der Waals surface area contributed by atoms with E-state index in [1.807, 2.05) is 0 Å². The number of amides is 2. The molecule has 0 bridgehead atoms. The predicted octanol–water partition coefficient (Wildman–Crippen LogP) is 7.13. The summed E-state index contributed by atoms with van der Waals surface area (Å²) >= 11 is 0. The van der Waals surface area contributed by atoms with Gasteiger partial charge in [0.2, 0.25) is 0 Å². The fraction of sp³-hybridized carbons (Fsp3) is 0.462. The quantitative estimate of drug-likeness (QED) is 0.323. The van der Waals surface area contributed by atoms with E-state index in [0.29, 0.717) is 0 Å². The molecule has 0 N–H and O–H groups in total. The molecule has 1 aliphatic rings. The number of nitrogens with zero attached hydrogens (tertiary/aromatic N) is 2. The van der Waals surface area contributed by atoms with Gasteiger partial charge < -0.3 is 19.1 Å². The van der Waals surface area contributed by atoms with E-state index in [9.17, 15) is 49.1 Å². The van der Waals surface area contributed by atoms with Gasteiger partial charge in [-0.25, -0.2) is 4.79 Å². The third-order valence-corrected chi connectivity index (χ3v) is 6.50. The summed E-state index contributed by atoms with van der Waals surface area (Å²) in [5.41, 5.74) is -4.54. The minimum absolute atomic E-state index is 0.0301. The highest BCUT2D eigenvalue weighted by Crippen LogP contribution is 2.47. The van der Waals surface area contributed by atoms with Gasteiger partial charge in [0.15, 0.2) is 11.5 Å². The number of methoxy groups -OCH3 is 2. The fourth-order valence-electron chi connectivity index (χ4n) is 4.71. The smallest absolute Gasteiger partial charge is 0.471 e. The fourth-order valence-corrected chi connectivity index (χ4v) is 4.71. The molecule has 7 nitrogen and oxygen atoms in total. The van der Waals surface area contributed by atoms with E-state index in [2.05, 4.69) is 0 Å². The molecule has 0 unspecified atom stereocenters. The van der Waals surface area contributed by atoms with Crippen molar-refractivity contribution in [1.82, 2.24) is 4.90 Å². The van der Waals surface area contributed by atoms with Crippen LogP contribution >= 0.6 is 0 Å². The molecule has 1 aliphatic heterocycles. The molecule has 0 radical (unpaired) electrons. The van der Waals surface area contributed by atoms with Crippen LogP contribution < -0.4 is 14.4 Å². The lowest BCUT2D eigenvalue weighted by Gasteiger charge is -2.43. The van der Waals surface area contributed by atoms with E-state index in [1.165, 1.54) is 40.2 Å². The zero-order valence-corrected chi connectivity index (χ0v) is 22.5. The van der Waals surface area contributed by atoms with Crippen molar-refractivity contribution in [2.45, 2.75) is 57.4 Å². The van der Waals surface area contributed by atoms with Gasteiger partial charge >= 0.3 is 30.5 Å². The molecule has 2 amide bonds. The summed E-state index contributed by atoms with van der Waals surface area (Å²) in [6.45, 7) is 1.59. The molecule has 232 valence electrons. The Kier molecular flexibility index (Phi) is 9.17. The minimum Gasteiger partial charge on any atom is -0.493 e. The van der Waals surface area contributed by atoms with Gasteiger partial charge in [-0.3, -0.25) is 9.69 Å². The molecule has 2 atom stereocenters. The Hall–Kier alpha value is -3.85. The van der Waals surface area contributed by atoms with Gasteiger partial charge in [0.25, 0.3) is 0 Å². The van der Waals surface area contributed by atoms with Crippen LogP contribution in [0.15, 0.2) is 30.3 Å². The topological polar surface area (TPSA) is 68.3 Å². The normalized spacial score (nSPS) is 17.4. The molecule has 42 heavy (non-hydrogen) atoms. The number of hydrogen-bond acceptors (Lipinski definition) is 5. The number of halogens is 9. The Bertz CT molecular complexity index is 1290. The molecule has 3 rings (SSSR count). The summed E-state index contributed by atoms with van der Waals surface area (Å²) in [5.74, 6) is -2.51. The van der Waals surface area contributed by atoms with Crippen LogP contribution in [-0.2, 0) is 28.4 Å². The number of anilines is 1. The molecule has 0 saturated carbocycles. The summed E-state index contributed by atoms with van der Waals surface area (Å²) in [4.78, 5) is 26.8. The second-order valence-electron chi connectivity index (χ2n) is 9.28. The number of carbonyl (C=O) groups is 2. The number of hydrogen-bond donors (Lipinski definition) is 0. The van der Waals surface area contributed by atoms with Crippen LogP contribution in [0.2, 0.25) is 0 Å². The second-order valence-corrected chi connectivity index (χ2v) is 9.28. The Morgan fingerprint density at radius 3 is 1.86 bits per heavy atom. The van der Waals surface area contributed by atoms with Gasteiger partial charge in [-0.15, -0.1) is 0 Å². The van der Waals surface area contributed by atoms with Crippen LogP contribution in [-0.4, -0.2) is 49.9 Å². The molecule has 0 fully saturated rings. The van der Waals surface area contributed by atoms with Crippen molar-refractivity contribution in [3.63, 3.8) is 0 Å². The van der Waals surface area contributed by atoms with E-state index in [1.54, 1.807) is 0 Å². The van der Waals surface area contributed by atoms with Gasteiger partial charge in [0.1, 0.15) is 0 Å². The van der Waals surface area contributed by atoms with Crippen LogP contribution in [0, 0.1) is 0 Å². The van der Waals surface area contributed by atoms with Gasteiger partial charge in [0.05, 0.1) is 43.7 Å². The van der Waals surface area contributed by atoms with Crippen LogP contribution in [0.4, 0.5) is 50.0 Å². The number of rotatable bonds is 6. The van der Waals surface area contributed by atoms with E-state index < -0.39 is 72.3 Å². The zero-order valence-electron chi connectivity index (χ0n) is 22.5. The van der Waals surface area contributed by atoms with E-state index in [4.69, 9.17) is 14.2 Å². The molecule has 2 aromatic rings. The van der Waals surface area contributed by atoms with Gasteiger partial charge in [0, 0.05) is 24.2 Å². The summed E-state index contributed by atoms with van der Waals surface area (Å²) < 4.78 is 138. The third-order valence-electron chi connectivity index (χ3n) is 6.50. The van der Waals surface area contributed by atoms with Gasteiger partial charge in [-0.1, -0.05) is 0 Å². The van der Waals surface area contributed by atoms with Crippen molar-refractivity contribution in [3.05, 3.63) is 52.6 Å². The lowest BCUT2D eigenvalue weighted by molar-refractivity contribution is -0.189. The highest BCUT2D eigenvalue weighted by molar-refractivity contribution is 5.91. The number of alkyl halides is 9. The monoisotopic (exact) mass is 616 g/mol. The first-order chi connectivity index (χ1) is 19.3. The third kappa shape index (κ3) is 6.78. The largest absolute Gasteiger partial charge is 0.493 e. The Balaban J connectivity index is 2.27. The number of benzene rings is 2. The van der Waals surface area contributed by atoms with E-state index in [0.717, 1.165) is 4.90 Å². The zero-order chi connectivity index (χ0) is 31.8. The minimum atomic E-state index is -5.56. The highest BCUT2D eigenvalue weighted by atomic mass is 19.4. The van der Waals surface area contributed by atoms with Gasteiger partial charge in [-0.05, 0) is 50.1 Å². The maximum absolute atomic E-state index is 13.9. The summed E-state index contributed by atoms with van der Waals surface area (Å²) in [7, 11) is 2.45. The number of carbonyl (C=O) groups excluding carboxylic acids is 2. The van der Waals surface area contributed by atoms with Crippen molar-refractivity contribution < 1.29 is 63.3 Å². The Morgan fingerprint density at radius 1 is 0.881 bits per heavy atom. The standard InChI is InChI=1S/C26H25F9N2O5/c1-5-42-23(39)37-13(2)6-18(17-10-20(40-3)21(41-4)11-19(17)37)36(22(38)26(33,34)35)12-14-7-15(24(27,28)29)9-16(8-14)25(30,31)32/h7-11,13,18H,5-6,12H2,1-4H3/t13-,18+/m0/s1. The van der Waals surface area contributed by atoms with Gasteiger partial charge in [-0.2, -0.15) is 39.5 Å². The number of fused-ring (bicyclic) bond motifs is 1. The Labute approximate surface area is 233 Å². The maximum Gasteiger partial charge on any atom is 0.471 e. The first-order valence-corrected chi connectivity index (χ1v) is 12.2. The highest BCUT2D eigenvalue weighted by Gasteiger charge is 2.48. The van der Waals surface area contributed by atoms with E-state index in [-0.39, 0.29) is 52.5 Å². The first-order valence-electron chi connectivity index (χ1n) is 12.2. The molecule has 0 saturated heterocycles.